The molecule has 0 aliphatic rings. The molecule has 0 bridgehead atoms. The summed E-state index contributed by atoms with van der Waals surface area (Å²) in [6.45, 7) is 0. The van der Waals surface area contributed by atoms with Gasteiger partial charge in [-0.15, -0.1) is 0 Å². The molecule has 66 valence electrons. The average molecular weight is 191 g/mol. The van der Waals surface area contributed by atoms with Crippen LogP contribution in [0.15, 0.2) is 0 Å². The van der Waals surface area contributed by atoms with Crippen LogP contribution < -0.4 is 16.1 Å². The Balaban J connectivity index is 4.23. The van der Waals surface area contributed by atoms with Crippen molar-refractivity contribution in [1.29, 1.82) is 0 Å². The Morgan fingerprint density at radius 1 is 1.36 bits per heavy atom. The number of amides is 1. The van der Waals surface area contributed by atoms with E-state index in [1.807, 2.05) is 0 Å². The Morgan fingerprint density at radius 3 is 1.82 bits per heavy atom. The first-order valence-corrected chi connectivity index (χ1v) is 4.04. The fraction of sp³-hybridized carbons (Fsp3) is 0.500. The van der Waals surface area contributed by atoms with Crippen molar-refractivity contribution in [2.45, 2.75) is 6.18 Å². The maximum atomic E-state index is 11.3. The van der Waals surface area contributed by atoms with Gasteiger partial charge in [0.25, 0.3) is 0 Å². The summed E-state index contributed by atoms with van der Waals surface area (Å²) in [5.41, 5.74) is 8.87. The predicted octanol–water partition coefficient (Wildman–Crippen LogP) is -0.310. The van der Waals surface area contributed by atoms with E-state index in [0.717, 1.165) is 5.09 Å². The van der Waals surface area contributed by atoms with E-state index in [1.165, 1.54) is 0 Å². The van der Waals surface area contributed by atoms with E-state index in [2.05, 4.69) is 11.0 Å². The van der Waals surface area contributed by atoms with Crippen molar-refractivity contribution in [3.8, 4) is 0 Å². The number of halogens is 3. The zero-order valence-corrected chi connectivity index (χ0v) is 5.95. The van der Waals surface area contributed by atoms with Crippen LogP contribution in [0.1, 0.15) is 0 Å². The SMILES string of the molecule is NP(N)(=O)NC(=O)C(F)(F)F. The normalized spacial score (nSPS) is 12.8. The van der Waals surface area contributed by atoms with Crippen LogP contribution in [0, 0.1) is 0 Å². The highest BCUT2D eigenvalue weighted by Gasteiger charge is 2.40. The number of alkyl halides is 3. The lowest BCUT2D eigenvalue weighted by molar-refractivity contribution is -0.171. The molecule has 0 aromatic rings. The van der Waals surface area contributed by atoms with Gasteiger partial charge in [-0.2, -0.15) is 13.2 Å². The van der Waals surface area contributed by atoms with E-state index in [9.17, 15) is 22.5 Å². The highest BCUT2D eigenvalue weighted by atomic mass is 31.2. The predicted molar refractivity (Wildman–Crippen MR) is 30.2 cm³/mol. The summed E-state index contributed by atoms with van der Waals surface area (Å²) in [7, 11) is -4.14. The molecule has 0 aliphatic carbocycles. The van der Waals surface area contributed by atoms with Gasteiger partial charge in [-0.1, -0.05) is 0 Å². The molecular weight excluding hydrogens is 186 g/mol. The van der Waals surface area contributed by atoms with Crippen LogP contribution in [0.2, 0.25) is 0 Å². The number of carbonyl (C=O) groups is 1. The van der Waals surface area contributed by atoms with Crippen molar-refractivity contribution in [2.24, 2.45) is 11.0 Å². The van der Waals surface area contributed by atoms with Crippen molar-refractivity contribution in [3.05, 3.63) is 0 Å². The van der Waals surface area contributed by atoms with Gasteiger partial charge in [-0.3, -0.25) is 25.5 Å². The van der Waals surface area contributed by atoms with E-state index in [0.29, 0.717) is 0 Å². The third-order valence-corrected chi connectivity index (χ3v) is 1.09. The number of hydrogen-bond donors (Lipinski definition) is 3. The van der Waals surface area contributed by atoms with Crippen LogP contribution in [0.5, 0.6) is 0 Å². The minimum atomic E-state index is -5.12. The first kappa shape index (κ1) is 10.4. The number of hydrogen-bond acceptors (Lipinski definition) is 2. The Labute approximate surface area is 59.5 Å². The fourth-order valence-corrected chi connectivity index (χ4v) is 0.666. The van der Waals surface area contributed by atoms with E-state index in [4.69, 9.17) is 0 Å². The first-order valence-electron chi connectivity index (χ1n) is 2.19. The van der Waals surface area contributed by atoms with Gasteiger partial charge in [0.2, 0.25) is 0 Å². The molecule has 0 heterocycles. The molecule has 11 heavy (non-hydrogen) atoms. The van der Waals surface area contributed by atoms with Crippen LogP contribution in [-0.2, 0) is 9.36 Å². The van der Waals surface area contributed by atoms with Gasteiger partial charge in [0, 0.05) is 0 Å². The van der Waals surface area contributed by atoms with Crippen LogP contribution in [0.4, 0.5) is 13.2 Å². The summed E-state index contributed by atoms with van der Waals surface area (Å²) in [4.78, 5) is 9.91. The maximum absolute atomic E-state index is 11.3. The van der Waals surface area contributed by atoms with Crippen molar-refractivity contribution in [2.75, 3.05) is 0 Å². The van der Waals surface area contributed by atoms with E-state index in [1.54, 1.807) is 0 Å². The second-order valence-corrected chi connectivity index (χ2v) is 3.29. The highest BCUT2D eigenvalue weighted by molar-refractivity contribution is 7.57. The van der Waals surface area contributed by atoms with Gasteiger partial charge >= 0.3 is 19.7 Å². The minimum absolute atomic E-state index is 0.906. The Hall–Kier alpha value is -0.590. The lowest BCUT2D eigenvalue weighted by atomic mass is 10.6. The number of carbonyl (C=O) groups excluding carboxylic acids is 1. The zero-order valence-electron chi connectivity index (χ0n) is 5.05. The van der Waals surface area contributed by atoms with Gasteiger partial charge in [0.15, 0.2) is 0 Å². The second kappa shape index (κ2) is 2.80. The second-order valence-electron chi connectivity index (χ2n) is 1.65. The molecular formula is C2H5F3N3O2P. The molecule has 0 radical (unpaired) electrons. The molecule has 5 N–H and O–H groups in total. The number of nitrogens with one attached hydrogen (secondary N) is 1. The highest BCUT2D eigenvalue weighted by Crippen LogP contribution is 2.23. The Bertz CT molecular complexity index is 207. The topological polar surface area (TPSA) is 98.2 Å². The standard InChI is InChI=1S/C2H5F3N3O2P/c3-2(4,5)1(9)8-11(6,7)10/h(H5,6,7,8,9,10). The van der Waals surface area contributed by atoms with Crippen molar-refractivity contribution in [1.82, 2.24) is 5.09 Å². The first-order chi connectivity index (χ1) is 4.63. The zero-order chi connectivity index (χ0) is 9.28. The minimum Gasteiger partial charge on any atom is -0.275 e. The monoisotopic (exact) mass is 191 g/mol. The molecule has 0 rings (SSSR count). The van der Waals surface area contributed by atoms with Gasteiger partial charge in [-0.05, 0) is 0 Å². The molecule has 0 atom stereocenters. The van der Waals surface area contributed by atoms with E-state index in [-0.39, 0.29) is 0 Å². The molecule has 0 saturated heterocycles. The van der Waals surface area contributed by atoms with Gasteiger partial charge in [0.05, 0.1) is 0 Å². The molecule has 9 heteroatoms. The fourth-order valence-electron chi connectivity index (χ4n) is 0.222. The molecule has 5 nitrogen and oxygen atoms in total. The molecule has 1 amide bonds. The molecule has 0 fully saturated rings. The summed E-state index contributed by atoms with van der Waals surface area (Å²) >= 11 is 0. The summed E-state index contributed by atoms with van der Waals surface area (Å²) in [5.74, 6) is -2.41. The quantitative estimate of drug-likeness (QED) is 0.495. The summed E-state index contributed by atoms with van der Waals surface area (Å²) in [6, 6.07) is 0. The van der Waals surface area contributed by atoms with Crippen LogP contribution in [0.3, 0.4) is 0 Å². The van der Waals surface area contributed by atoms with Crippen LogP contribution in [-0.4, -0.2) is 12.1 Å². The summed E-state index contributed by atoms with van der Waals surface area (Å²) < 4.78 is 44.2. The molecule has 0 saturated carbocycles. The number of nitrogens with two attached hydrogens (primary N) is 2. The Morgan fingerprint density at radius 2 is 1.73 bits per heavy atom. The maximum Gasteiger partial charge on any atom is 0.471 e. The van der Waals surface area contributed by atoms with Crippen LogP contribution in [0.25, 0.3) is 0 Å². The molecule has 0 spiro atoms. The van der Waals surface area contributed by atoms with E-state index >= 15 is 0 Å². The van der Waals surface area contributed by atoms with Gasteiger partial charge < -0.3 is 0 Å². The van der Waals surface area contributed by atoms with Crippen molar-refractivity contribution in [3.63, 3.8) is 0 Å². The molecule has 0 unspecified atom stereocenters. The smallest absolute Gasteiger partial charge is 0.275 e. The summed E-state index contributed by atoms with van der Waals surface area (Å²) in [5, 5.41) is 0.906. The third-order valence-electron chi connectivity index (χ3n) is 0.534. The van der Waals surface area contributed by atoms with Gasteiger partial charge in [0.1, 0.15) is 0 Å². The van der Waals surface area contributed by atoms with Gasteiger partial charge in [-0.25, -0.2) is 0 Å². The number of rotatable bonds is 1. The molecule has 0 aromatic heterocycles. The Kier molecular flexibility index (Phi) is 2.65. The average Bonchev–Trinajstić information content (AvgIpc) is 1.56. The summed E-state index contributed by atoms with van der Waals surface area (Å²) in [6.07, 6.45) is -5.12. The lowest BCUT2D eigenvalue weighted by Crippen LogP contribution is -2.38. The van der Waals surface area contributed by atoms with E-state index < -0.39 is 19.7 Å². The van der Waals surface area contributed by atoms with Crippen molar-refractivity contribution < 1.29 is 22.5 Å². The van der Waals surface area contributed by atoms with Crippen LogP contribution >= 0.6 is 7.59 Å². The largest absolute Gasteiger partial charge is 0.471 e. The lowest BCUT2D eigenvalue weighted by Gasteiger charge is -2.09. The molecule has 0 aliphatic heterocycles. The third kappa shape index (κ3) is 4.77. The van der Waals surface area contributed by atoms with Crippen molar-refractivity contribution >= 4 is 13.5 Å². The molecule has 0 aromatic carbocycles.